The van der Waals surface area contributed by atoms with Gasteiger partial charge in [0.05, 0.1) is 44.5 Å². The Morgan fingerprint density at radius 2 is 0.571 bits per heavy atom. The van der Waals surface area contributed by atoms with Crippen molar-refractivity contribution in [3.63, 3.8) is 0 Å². The topological polar surface area (TPSA) is 98.8 Å². The lowest BCUT2D eigenvalue weighted by Gasteiger charge is -2.46. The molecular formula is C53H29BF24N2O3S. The third-order valence-corrected chi connectivity index (χ3v) is 14.6. The molecule has 84 heavy (non-hydrogen) atoms. The summed E-state index contributed by atoms with van der Waals surface area (Å²) in [4.78, 5) is 25.0. The van der Waals surface area contributed by atoms with Crippen LogP contribution in [0.25, 0.3) is 0 Å². The number of hydrogen-bond donors (Lipinski definition) is 0. The first-order valence-electron chi connectivity index (χ1n) is 22.7. The molecular weight excluding hydrogens is 1210 g/mol. The van der Waals surface area contributed by atoms with Gasteiger partial charge in [-0.1, -0.05) is 109 Å². The zero-order valence-corrected chi connectivity index (χ0v) is 41.9. The zero-order chi connectivity index (χ0) is 63.6. The second-order valence-electron chi connectivity index (χ2n) is 18.1. The lowest BCUT2D eigenvalue weighted by atomic mass is 9.12. The average molecular weight is 1240 g/mol. The van der Waals surface area contributed by atoms with E-state index in [2.05, 4.69) is 0 Å². The van der Waals surface area contributed by atoms with Gasteiger partial charge in [0.25, 0.3) is 0 Å². The van der Waals surface area contributed by atoms with Crippen molar-refractivity contribution in [1.29, 1.82) is 10.5 Å². The van der Waals surface area contributed by atoms with E-state index >= 15 is 0 Å². The highest BCUT2D eigenvalue weighted by Gasteiger charge is 2.47. The average Bonchev–Trinajstić information content (AvgIpc) is 0.815. The molecule has 6 aromatic rings. The molecule has 0 aliphatic carbocycles. The standard InChI is InChI=1S/C32H12BF24.C21H17N2O3S/c34-25(35,36)13-1-14(26(37,38)39)6-21(5-13)33(22-7-15(27(40,41)42)2-16(8-22)28(43,44)45,23-9-17(29(46,47)48)3-18(10-23)30(49,50)51)24-11-19(31(52,53)54)4-20(12-24)32(55,56)57;22-13-17(14-23)11-12-27(26,15-20(24)18-7-3-1-4-8-18)16-21(25)19-9-5-2-6-10-19/h1-12H;1-11H,12,15-16H2/q-1;+1. The number of allylic oxidation sites excluding steroid dienone is 1. The van der Waals surface area contributed by atoms with Crippen molar-refractivity contribution in [3.8, 4) is 12.1 Å². The van der Waals surface area contributed by atoms with Crippen LogP contribution in [0, 0.1) is 22.7 Å². The highest BCUT2D eigenvalue weighted by molar-refractivity contribution is 8.04. The first kappa shape index (κ1) is 66.7. The van der Waals surface area contributed by atoms with Crippen molar-refractivity contribution in [2.24, 2.45) is 0 Å². The molecule has 0 fully saturated rings. The SMILES string of the molecule is FC(F)(F)c1cc([B-](c2cc(C(F)(F)F)cc(C(F)(F)F)c2)(c2cc(C(F)(F)F)cc(C(F)(F)F)c2)c2cc(C(F)(F)F)cc(C(F)(F)F)c2)cc(C(F)(F)F)c1.N#CC(C#N)=CC[S+](=O)(CC(=O)c1ccccc1)CC(=O)c1ccccc1. The minimum atomic E-state index is -6.13. The summed E-state index contributed by atoms with van der Waals surface area (Å²) in [5.74, 6) is -1.51. The minimum absolute atomic E-state index is 0.180. The molecule has 0 bridgehead atoms. The van der Waals surface area contributed by atoms with Crippen LogP contribution in [-0.2, 0) is 63.6 Å². The first-order chi connectivity index (χ1) is 38.2. The van der Waals surface area contributed by atoms with Crippen LogP contribution in [0.5, 0.6) is 0 Å². The molecule has 446 valence electrons. The van der Waals surface area contributed by atoms with E-state index in [4.69, 9.17) is 10.5 Å². The number of rotatable bonds is 12. The fourth-order valence-electron chi connectivity index (χ4n) is 8.48. The van der Waals surface area contributed by atoms with Crippen LogP contribution in [0.4, 0.5) is 105 Å². The van der Waals surface area contributed by atoms with Crippen LogP contribution in [0.15, 0.2) is 145 Å². The highest BCUT2D eigenvalue weighted by Crippen LogP contribution is 2.41. The molecule has 0 heterocycles. The Labute approximate surface area is 457 Å². The van der Waals surface area contributed by atoms with Gasteiger partial charge in [0.2, 0.25) is 11.6 Å². The van der Waals surface area contributed by atoms with Crippen molar-refractivity contribution in [2.75, 3.05) is 17.3 Å². The van der Waals surface area contributed by atoms with Crippen molar-refractivity contribution in [2.45, 2.75) is 49.4 Å². The Balaban J connectivity index is 0.000000398. The van der Waals surface area contributed by atoms with E-state index in [1.54, 1.807) is 72.8 Å². The van der Waals surface area contributed by atoms with Gasteiger partial charge in [0, 0.05) is 11.1 Å². The number of carbonyl (C=O) groups is 2. The van der Waals surface area contributed by atoms with Crippen LogP contribution in [-0.4, -0.2) is 35.0 Å². The molecule has 0 aromatic heterocycles. The molecule has 0 saturated carbocycles. The highest BCUT2D eigenvalue weighted by atomic mass is 32.2. The molecule has 0 aliphatic heterocycles. The van der Waals surface area contributed by atoms with Crippen molar-refractivity contribution in [1.82, 2.24) is 0 Å². The molecule has 0 unspecified atom stereocenters. The van der Waals surface area contributed by atoms with Crippen LogP contribution in [0.1, 0.15) is 65.2 Å². The Kier molecular flexibility index (Phi) is 19.0. The van der Waals surface area contributed by atoms with Gasteiger partial charge >= 0.3 is 49.4 Å². The van der Waals surface area contributed by atoms with Gasteiger partial charge in [-0.3, -0.25) is 9.59 Å². The van der Waals surface area contributed by atoms with Gasteiger partial charge in [-0.2, -0.15) is 138 Å². The van der Waals surface area contributed by atoms with Gasteiger partial charge in [-0.15, -0.1) is 4.21 Å². The number of ketones is 2. The predicted octanol–water partition coefficient (Wildman–Crippen LogP) is 14.4. The molecule has 0 amide bonds. The molecule has 0 saturated heterocycles. The molecule has 5 nitrogen and oxygen atoms in total. The summed E-state index contributed by atoms with van der Waals surface area (Å²) in [5.41, 5.74) is -29.6. The van der Waals surface area contributed by atoms with Gasteiger partial charge in [-0.05, 0) is 30.3 Å². The van der Waals surface area contributed by atoms with Gasteiger partial charge in [0.15, 0.2) is 11.5 Å². The molecule has 6 rings (SSSR count). The van der Waals surface area contributed by atoms with Gasteiger partial charge in [0.1, 0.15) is 39.5 Å². The number of halogens is 24. The van der Waals surface area contributed by atoms with E-state index in [-0.39, 0.29) is 34.4 Å². The molecule has 0 radical (unpaired) electrons. The summed E-state index contributed by atoms with van der Waals surface area (Å²) >= 11 is 0. The third-order valence-electron chi connectivity index (χ3n) is 12.3. The maximum Gasteiger partial charge on any atom is 0.416 e. The van der Waals surface area contributed by atoms with Crippen LogP contribution >= 0.6 is 0 Å². The fourth-order valence-corrected chi connectivity index (χ4v) is 10.6. The normalized spacial score (nSPS) is 13.0. The Morgan fingerprint density at radius 3 is 0.750 bits per heavy atom. The maximum atomic E-state index is 14.2. The second kappa shape index (κ2) is 23.9. The maximum absolute atomic E-state index is 14.2. The fraction of sp³-hybridized carbons (Fsp3) is 0.208. The predicted molar refractivity (Wildman–Crippen MR) is 254 cm³/mol. The molecule has 31 heteroatoms. The van der Waals surface area contributed by atoms with Crippen LogP contribution in [0.2, 0.25) is 0 Å². The second-order valence-corrected chi connectivity index (χ2v) is 20.9. The minimum Gasteiger partial charge on any atom is -0.289 e. The Morgan fingerprint density at radius 1 is 0.369 bits per heavy atom. The largest absolute Gasteiger partial charge is 0.416 e. The summed E-state index contributed by atoms with van der Waals surface area (Å²) in [5, 5.41) is 17.8. The number of nitrogens with zero attached hydrogens (tertiary/aromatic N) is 2. The zero-order valence-electron chi connectivity index (χ0n) is 41.1. The van der Waals surface area contributed by atoms with E-state index in [9.17, 15) is 119 Å². The number of alkyl halides is 24. The summed E-state index contributed by atoms with van der Waals surface area (Å²) in [6, 6.07) is 11.4. The van der Waals surface area contributed by atoms with E-state index < -0.39 is 205 Å². The third kappa shape index (κ3) is 16.2. The number of hydrogen-bond acceptors (Lipinski definition) is 5. The lowest BCUT2D eigenvalue weighted by Crippen LogP contribution is -2.75. The van der Waals surface area contributed by atoms with Gasteiger partial charge < -0.3 is 0 Å². The number of nitriles is 2. The summed E-state index contributed by atoms with van der Waals surface area (Å²) in [6.45, 7) is 0. The molecule has 0 spiro atoms. The molecule has 0 atom stereocenters. The number of benzene rings is 6. The van der Waals surface area contributed by atoms with E-state index in [0.717, 1.165) is 0 Å². The van der Waals surface area contributed by atoms with Crippen molar-refractivity contribution >= 4 is 49.5 Å². The Bertz CT molecular complexity index is 3070. The van der Waals surface area contributed by atoms with Gasteiger partial charge in [-0.25, -0.2) is 0 Å². The summed E-state index contributed by atoms with van der Waals surface area (Å²) in [6.07, 6.45) is -53.6. The van der Waals surface area contributed by atoms with Crippen molar-refractivity contribution < 1.29 is 119 Å². The molecule has 0 aliphatic rings. The van der Waals surface area contributed by atoms with Crippen LogP contribution in [0.3, 0.4) is 0 Å². The molecule has 0 N–H and O–H groups in total. The van der Waals surface area contributed by atoms with E-state index in [1.807, 2.05) is 0 Å². The van der Waals surface area contributed by atoms with Crippen LogP contribution < -0.4 is 21.9 Å². The number of Topliss-reactive ketones (excluding diaryl/α,β-unsaturated/α-hetero) is 2. The monoisotopic (exact) mass is 1240 g/mol. The van der Waals surface area contributed by atoms with Crippen molar-refractivity contribution in [3.05, 3.63) is 201 Å². The van der Waals surface area contributed by atoms with E-state index in [1.165, 1.54) is 6.08 Å². The lowest BCUT2D eigenvalue weighted by molar-refractivity contribution is -0.144. The first-order valence-corrected chi connectivity index (χ1v) is 24.8. The number of carbonyl (C=O) groups excluding carboxylic acids is 2. The Hall–Kier alpha value is -8.09. The smallest absolute Gasteiger partial charge is 0.289 e. The quantitative estimate of drug-likeness (QED) is 0.0400. The molecule has 6 aromatic carbocycles. The summed E-state index contributed by atoms with van der Waals surface area (Å²) < 4.78 is 354. The van der Waals surface area contributed by atoms with E-state index in [0.29, 0.717) is 11.1 Å². The summed E-state index contributed by atoms with van der Waals surface area (Å²) in [7, 11) is -2.98.